The van der Waals surface area contributed by atoms with E-state index in [1.54, 1.807) is 0 Å². The highest BCUT2D eigenvalue weighted by Gasteiger charge is 2.20. The minimum atomic E-state index is 0.539. The van der Waals surface area contributed by atoms with Crippen molar-refractivity contribution >= 4 is 16.9 Å². The van der Waals surface area contributed by atoms with Crippen LogP contribution in [0, 0.1) is 11.8 Å². The van der Waals surface area contributed by atoms with Crippen LogP contribution in [0.25, 0.3) is 0 Å². The highest BCUT2D eigenvalue weighted by atomic mass is 32.2. The predicted octanol–water partition coefficient (Wildman–Crippen LogP) is 2.38. The zero-order chi connectivity index (χ0) is 12.0. The molecular weight excluding hydrogens is 220 g/mol. The van der Waals surface area contributed by atoms with E-state index in [9.17, 15) is 0 Å². The monoisotopic (exact) mass is 244 g/mol. The molecule has 4 heteroatoms. The van der Waals surface area contributed by atoms with Gasteiger partial charge in [0.05, 0.1) is 13.2 Å². The summed E-state index contributed by atoms with van der Waals surface area (Å²) in [4.78, 5) is 4.51. The lowest BCUT2D eigenvalue weighted by atomic mass is 10.1. The van der Waals surface area contributed by atoms with Gasteiger partial charge in [0.15, 0.2) is 5.17 Å². The van der Waals surface area contributed by atoms with Crippen LogP contribution in [0.1, 0.15) is 27.7 Å². The van der Waals surface area contributed by atoms with Gasteiger partial charge in [-0.05, 0) is 18.8 Å². The molecule has 0 aliphatic carbocycles. The second-order valence-electron chi connectivity index (χ2n) is 4.88. The Balaban J connectivity index is 2.15. The molecule has 1 aliphatic rings. The third-order valence-electron chi connectivity index (χ3n) is 2.63. The molecule has 1 fully saturated rings. The van der Waals surface area contributed by atoms with Crippen LogP contribution in [0.3, 0.4) is 0 Å². The highest BCUT2D eigenvalue weighted by molar-refractivity contribution is 8.13. The molecule has 94 valence electrons. The summed E-state index contributed by atoms with van der Waals surface area (Å²) in [5.41, 5.74) is 0. The number of ether oxygens (including phenoxy) is 1. The zero-order valence-electron chi connectivity index (χ0n) is 10.8. The van der Waals surface area contributed by atoms with Crippen molar-refractivity contribution in [3.63, 3.8) is 0 Å². The van der Waals surface area contributed by atoms with Gasteiger partial charge in [-0.15, -0.1) is 0 Å². The summed E-state index contributed by atoms with van der Waals surface area (Å²) in [6.07, 6.45) is 0. The number of nitrogens with zero attached hydrogens (tertiary/aromatic N) is 1. The average Bonchev–Trinajstić information content (AvgIpc) is 2.22. The number of aliphatic imine (C=N–C) groups is 1. The molecule has 1 N–H and O–H groups in total. The molecule has 0 amide bonds. The Morgan fingerprint density at radius 3 is 2.88 bits per heavy atom. The van der Waals surface area contributed by atoms with Crippen molar-refractivity contribution in [1.82, 2.24) is 5.32 Å². The topological polar surface area (TPSA) is 33.6 Å². The van der Waals surface area contributed by atoms with Crippen LogP contribution in [-0.4, -0.2) is 36.7 Å². The normalized spacial score (nSPS) is 28.4. The molecule has 0 aromatic rings. The molecule has 1 heterocycles. The Morgan fingerprint density at radius 2 is 2.25 bits per heavy atom. The number of nitrogens with one attached hydrogen (secondary N) is 1. The van der Waals surface area contributed by atoms with Crippen molar-refractivity contribution in [2.75, 3.05) is 25.5 Å². The molecule has 0 radical (unpaired) electrons. The fourth-order valence-corrected chi connectivity index (χ4v) is 2.52. The van der Waals surface area contributed by atoms with Crippen molar-refractivity contribution in [2.45, 2.75) is 33.7 Å². The lowest BCUT2D eigenvalue weighted by Crippen LogP contribution is -2.41. The van der Waals surface area contributed by atoms with Crippen molar-refractivity contribution in [3.8, 4) is 0 Å². The number of hydrogen-bond acceptors (Lipinski definition) is 3. The van der Waals surface area contributed by atoms with Gasteiger partial charge in [-0.3, -0.25) is 4.99 Å². The van der Waals surface area contributed by atoms with Crippen LogP contribution in [0.15, 0.2) is 4.99 Å². The van der Waals surface area contributed by atoms with Gasteiger partial charge in [0.2, 0.25) is 0 Å². The van der Waals surface area contributed by atoms with Crippen LogP contribution in [0.4, 0.5) is 0 Å². The Kier molecular flexibility index (Phi) is 6.21. The summed E-state index contributed by atoms with van der Waals surface area (Å²) in [6.45, 7) is 11.1. The molecule has 1 aliphatic heterocycles. The minimum Gasteiger partial charge on any atom is -0.379 e. The van der Waals surface area contributed by atoms with Crippen LogP contribution in [0.2, 0.25) is 0 Å². The number of rotatable bonds is 5. The fraction of sp³-hybridized carbons (Fsp3) is 0.917. The van der Waals surface area contributed by atoms with E-state index in [1.807, 2.05) is 11.8 Å². The quantitative estimate of drug-likeness (QED) is 0.754. The van der Waals surface area contributed by atoms with Gasteiger partial charge in [-0.2, -0.15) is 0 Å². The first-order valence-electron chi connectivity index (χ1n) is 6.11. The largest absolute Gasteiger partial charge is 0.379 e. The number of hydrogen-bond donors (Lipinski definition) is 1. The van der Waals surface area contributed by atoms with Gasteiger partial charge in [0, 0.05) is 18.4 Å². The summed E-state index contributed by atoms with van der Waals surface area (Å²) in [6, 6.07) is 0.539. The summed E-state index contributed by atoms with van der Waals surface area (Å²) in [5.74, 6) is 2.50. The third kappa shape index (κ3) is 5.21. The van der Waals surface area contributed by atoms with Crippen LogP contribution >= 0.6 is 11.8 Å². The lowest BCUT2D eigenvalue weighted by Gasteiger charge is -2.28. The standard InChI is InChI=1S/C12H24N2OS/c1-9(2)7-15-6-5-13-12-14-11(4)10(3)8-16-12/h9-11H,5-8H2,1-4H3,(H,13,14). The molecule has 0 aromatic heterocycles. The molecule has 16 heavy (non-hydrogen) atoms. The number of amidine groups is 1. The summed E-state index contributed by atoms with van der Waals surface area (Å²) in [7, 11) is 0. The maximum atomic E-state index is 5.49. The van der Waals surface area contributed by atoms with Crippen molar-refractivity contribution in [2.24, 2.45) is 16.8 Å². The summed E-state index contributed by atoms with van der Waals surface area (Å²) in [5, 5.41) is 4.51. The summed E-state index contributed by atoms with van der Waals surface area (Å²) >= 11 is 1.82. The van der Waals surface area contributed by atoms with Crippen molar-refractivity contribution in [1.29, 1.82) is 0 Å². The zero-order valence-corrected chi connectivity index (χ0v) is 11.6. The van der Waals surface area contributed by atoms with E-state index in [0.717, 1.165) is 30.8 Å². The molecule has 0 aromatic carbocycles. The second kappa shape index (κ2) is 7.17. The third-order valence-corrected chi connectivity index (χ3v) is 3.84. The van der Waals surface area contributed by atoms with E-state index in [-0.39, 0.29) is 0 Å². The molecule has 3 nitrogen and oxygen atoms in total. The first-order chi connectivity index (χ1) is 7.59. The van der Waals surface area contributed by atoms with Crippen LogP contribution < -0.4 is 5.32 Å². The van der Waals surface area contributed by atoms with E-state index in [1.165, 1.54) is 5.75 Å². The SMILES string of the molecule is CC(C)COCCN=C1NC(C)C(C)CS1. The minimum absolute atomic E-state index is 0.539. The number of thioether (sulfide) groups is 1. The van der Waals surface area contributed by atoms with E-state index in [4.69, 9.17) is 4.74 Å². The summed E-state index contributed by atoms with van der Waals surface area (Å²) < 4.78 is 5.49. The first kappa shape index (κ1) is 13.8. The molecule has 1 saturated heterocycles. The van der Waals surface area contributed by atoms with E-state index in [0.29, 0.717) is 12.0 Å². The van der Waals surface area contributed by atoms with Gasteiger partial charge >= 0.3 is 0 Å². The van der Waals surface area contributed by atoms with E-state index < -0.39 is 0 Å². The van der Waals surface area contributed by atoms with Crippen LogP contribution in [0.5, 0.6) is 0 Å². The predicted molar refractivity (Wildman–Crippen MR) is 72.2 cm³/mol. The van der Waals surface area contributed by atoms with Crippen molar-refractivity contribution in [3.05, 3.63) is 0 Å². The average molecular weight is 244 g/mol. The Labute approximate surface area is 103 Å². The van der Waals surface area contributed by atoms with Gasteiger partial charge in [0.25, 0.3) is 0 Å². The first-order valence-corrected chi connectivity index (χ1v) is 7.09. The lowest BCUT2D eigenvalue weighted by molar-refractivity contribution is 0.117. The van der Waals surface area contributed by atoms with Crippen molar-refractivity contribution < 1.29 is 4.74 Å². The van der Waals surface area contributed by atoms with E-state index in [2.05, 4.69) is 38.0 Å². The van der Waals surface area contributed by atoms with Gasteiger partial charge < -0.3 is 10.1 Å². The Hall–Kier alpha value is -0.220. The highest BCUT2D eigenvalue weighted by Crippen LogP contribution is 2.18. The fourth-order valence-electron chi connectivity index (χ4n) is 1.36. The van der Waals surface area contributed by atoms with Gasteiger partial charge in [-0.1, -0.05) is 32.5 Å². The van der Waals surface area contributed by atoms with Gasteiger partial charge in [0.1, 0.15) is 0 Å². The Morgan fingerprint density at radius 1 is 1.50 bits per heavy atom. The maximum absolute atomic E-state index is 5.49. The molecule has 0 spiro atoms. The molecule has 1 rings (SSSR count). The Bertz CT molecular complexity index is 231. The van der Waals surface area contributed by atoms with Gasteiger partial charge in [-0.25, -0.2) is 0 Å². The second-order valence-corrected chi connectivity index (χ2v) is 5.89. The molecule has 2 atom stereocenters. The molecule has 0 saturated carbocycles. The molecule has 2 unspecified atom stereocenters. The molecular formula is C12H24N2OS. The van der Waals surface area contributed by atoms with E-state index >= 15 is 0 Å². The van der Waals surface area contributed by atoms with Crippen LogP contribution in [-0.2, 0) is 4.74 Å². The molecule has 0 bridgehead atoms. The smallest absolute Gasteiger partial charge is 0.156 e. The maximum Gasteiger partial charge on any atom is 0.156 e.